The lowest BCUT2D eigenvalue weighted by Crippen LogP contribution is -2.43. The molecule has 4 rings (SSSR count). The summed E-state index contributed by atoms with van der Waals surface area (Å²) in [5.74, 6) is 0.104. The van der Waals surface area contributed by atoms with Gasteiger partial charge in [0.15, 0.2) is 0 Å². The van der Waals surface area contributed by atoms with Crippen LogP contribution in [0.25, 0.3) is 0 Å². The molecular formula is C21H23ClN2O3. The molecule has 2 heterocycles. The molecular weight excluding hydrogens is 364 g/mol. The number of carbonyl (C=O) groups excluding carboxylic acids is 1. The molecule has 1 amide bonds. The van der Waals surface area contributed by atoms with E-state index in [0.717, 1.165) is 30.1 Å². The van der Waals surface area contributed by atoms with E-state index in [1.165, 1.54) is 0 Å². The fourth-order valence-corrected chi connectivity index (χ4v) is 4.10. The molecule has 2 aromatic rings. The van der Waals surface area contributed by atoms with Gasteiger partial charge in [-0.1, -0.05) is 41.9 Å². The summed E-state index contributed by atoms with van der Waals surface area (Å²) in [6.45, 7) is 2.31. The first-order valence-electron chi connectivity index (χ1n) is 9.26. The Bertz CT molecular complexity index is 811. The Morgan fingerprint density at radius 2 is 1.96 bits per heavy atom. The predicted octanol–water partition coefficient (Wildman–Crippen LogP) is 2.92. The smallest absolute Gasteiger partial charge is 0.224 e. The number of phenols is 1. The number of fused-ring (bicyclic) bond motifs is 1. The average molecular weight is 387 g/mol. The summed E-state index contributed by atoms with van der Waals surface area (Å²) < 4.78 is 6.05. The molecule has 5 nitrogen and oxygen atoms in total. The molecule has 2 aliphatic rings. The van der Waals surface area contributed by atoms with Gasteiger partial charge in [-0.3, -0.25) is 9.69 Å². The number of para-hydroxylation sites is 1. The van der Waals surface area contributed by atoms with Gasteiger partial charge in [-0.2, -0.15) is 0 Å². The van der Waals surface area contributed by atoms with Gasteiger partial charge in [-0.15, -0.1) is 0 Å². The minimum atomic E-state index is -0.0588. The van der Waals surface area contributed by atoms with E-state index in [1.54, 1.807) is 18.2 Å². The van der Waals surface area contributed by atoms with Crippen LogP contribution in [0.15, 0.2) is 48.5 Å². The maximum Gasteiger partial charge on any atom is 0.224 e. The molecule has 142 valence electrons. The van der Waals surface area contributed by atoms with E-state index in [0.29, 0.717) is 18.2 Å². The molecule has 6 heteroatoms. The quantitative estimate of drug-likeness (QED) is 0.848. The number of rotatable bonds is 4. The number of benzene rings is 2. The van der Waals surface area contributed by atoms with E-state index in [4.69, 9.17) is 16.3 Å². The van der Waals surface area contributed by atoms with Crippen LogP contribution >= 0.6 is 11.6 Å². The topological polar surface area (TPSA) is 61.8 Å². The number of morpholine rings is 1. The van der Waals surface area contributed by atoms with Crippen LogP contribution in [0, 0.1) is 0 Å². The zero-order chi connectivity index (χ0) is 18.8. The summed E-state index contributed by atoms with van der Waals surface area (Å²) >= 11 is 5.97. The van der Waals surface area contributed by atoms with E-state index in [2.05, 4.69) is 10.2 Å². The fourth-order valence-electron chi connectivity index (χ4n) is 3.97. The third-order valence-electron chi connectivity index (χ3n) is 5.37. The molecule has 0 radical (unpaired) electrons. The van der Waals surface area contributed by atoms with Gasteiger partial charge in [-0.05, 0) is 30.2 Å². The number of halogens is 1. The lowest BCUT2D eigenvalue weighted by Gasteiger charge is -2.35. The zero-order valence-corrected chi connectivity index (χ0v) is 15.7. The lowest BCUT2D eigenvalue weighted by atomic mass is 10.1. The van der Waals surface area contributed by atoms with E-state index < -0.39 is 0 Å². The van der Waals surface area contributed by atoms with Crippen molar-refractivity contribution in [1.29, 1.82) is 0 Å². The molecule has 0 spiro atoms. The van der Waals surface area contributed by atoms with Crippen molar-refractivity contribution in [2.45, 2.75) is 31.0 Å². The highest BCUT2D eigenvalue weighted by Crippen LogP contribution is 2.31. The van der Waals surface area contributed by atoms with Crippen LogP contribution < -0.4 is 5.32 Å². The Hall–Kier alpha value is -2.08. The average Bonchev–Trinajstić information content (AvgIpc) is 3.05. The number of nitrogens with zero attached hydrogens (tertiary/aromatic N) is 1. The Balaban J connectivity index is 1.32. The minimum Gasteiger partial charge on any atom is -0.508 e. The van der Waals surface area contributed by atoms with Crippen molar-refractivity contribution in [3.63, 3.8) is 0 Å². The Morgan fingerprint density at radius 1 is 1.19 bits per heavy atom. The number of phenolic OH excluding ortho intramolecular Hbond substituents is 1. The number of nitrogens with one attached hydrogen (secondary N) is 1. The summed E-state index contributed by atoms with van der Waals surface area (Å²) in [4.78, 5) is 14.8. The van der Waals surface area contributed by atoms with Crippen LogP contribution in [0.5, 0.6) is 5.75 Å². The molecule has 0 aromatic heterocycles. The molecule has 2 aliphatic heterocycles. The van der Waals surface area contributed by atoms with Crippen LogP contribution in [-0.4, -0.2) is 47.7 Å². The van der Waals surface area contributed by atoms with E-state index >= 15 is 0 Å². The molecule has 3 atom stereocenters. The van der Waals surface area contributed by atoms with Crippen molar-refractivity contribution in [3.8, 4) is 5.75 Å². The number of ether oxygens (including phenoxy) is 1. The Labute approximate surface area is 163 Å². The van der Waals surface area contributed by atoms with Crippen molar-refractivity contribution in [2.24, 2.45) is 0 Å². The van der Waals surface area contributed by atoms with Gasteiger partial charge < -0.3 is 15.2 Å². The van der Waals surface area contributed by atoms with E-state index in [1.807, 2.05) is 30.3 Å². The highest BCUT2D eigenvalue weighted by molar-refractivity contribution is 6.30. The van der Waals surface area contributed by atoms with Crippen molar-refractivity contribution >= 4 is 17.5 Å². The molecule has 27 heavy (non-hydrogen) atoms. The largest absolute Gasteiger partial charge is 0.508 e. The monoisotopic (exact) mass is 386 g/mol. The molecule has 2 N–H and O–H groups in total. The Morgan fingerprint density at radius 3 is 2.74 bits per heavy atom. The number of aromatic hydroxyl groups is 1. The first-order chi connectivity index (χ1) is 13.1. The SMILES string of the molecule is O=C(Cc1ccccc1O)N[C@@H]1C[C@H]2CO[C@@H](c3ccc(Cl)cc3)CN2C1. The minimum absolute atomic E-state index is 0.0363. The second-order valence-corrected chi connectivity index (χ2v) is 7.72. The highest BCUT2D eigenvalue weighted by atomic mass is 35.5. The third kappa shape index (κ3) is 4.26. The van der Waals surface area contributed by atoms with Gasteiger partial charge >= 0.3 is 0 Å². The summed E-state index contributed by atoms with van der Waals surface area (Å²) in [5, 5.41) is 13.7. The molecule has 2 saturated heterocycles. The van der Waals surface area contributed by atoms with Crippen molar-refractivity contribution in [2.75, 3.05) is 19.7 Å². The fraction of sp³-hybridized carbons (Fsp3) is 0.381. The normalized spacial score (nSPS) is 25.1. The summed E-state index contributed by atoms with van der Waals surface area (Å²) in [6, 6.07) is 15.2. The summed E-state index contributed by atoms with van der Waals surface area (Å²) in [6.07, 6.45) is 1.12. The van der Waals surface area contributed by atoms with Gasteiger partial charge in [-0.25, -0.2) is 0 Å². The summed E-state index contributed by atoms with van der Waals surface area (Å²) in [5.41, 5.74) is 1.78. The maximum absolute atomic E-state index is 12.4. The highest BCUT2D eigenvalue weighted by Gasteiger charge is 2.38. The van der Waals surface area contributed by atoms with Gasteiger partial charge in [0.2, 0.25) is 5.91 Å². The zero-order valence-electron chi connectivity index (χ0n) is 15.0. The first kappa shape index (κ1) is 18.3. The van der Waals surface area contributed by atoms with Gasteiger partial charge in [0, 0.05) is 35.8 Å². The van der Waals surface area contributed by atoms with Crippen molar-refractivity contribution in [1.82, 2.24) is 10.2 Å². The molecule has 0 bridgehead atoms. The van der Waals surface area contributed by atoms with Crippen LogP contribution in [0.2, 0.25) is 5.02 Å². The van der Waals surface area contributed by atoms with Crippen LogP contribution in [0.4, 0.5) is 0 Å². The van der Waals surface area contributed by atoms with Crippen molar-refractivity contribution < 1.29 is 14.6 Å². The lowest BCUT2D eigenvalue weighted by molar-refractivity contribution is -0.121. The number of hydrogen-bond acceptors (Lipinski definition) is 4. The van der Waals surface area contributed by atoms with Gasteiger partial charge in [0.1, 0.15) is 5.75 Å². The van der Waals surface area contributed by atoms with E-state index in [9.17, 15) is 9.90 Å². The van der Waals surface area contributed by atoms with Crippen LogP contribution in [0.1, 0.15) is 23.7 Å². The number of hydrogen-bond donors (Lipinski definition) is 2. The maximum atomic E-state index is 12.4. The van der Waals surface area contributed by atoms with Crippen LogP contribution in [-0.2, 0) is 16.0 Å². The molecule has 0 saturated carbocycles. The second-order valence-electron chi connectivity index (χ2n) is 7.29. The number of carbonyl (C=O) groups is 1. The molecule has 0 aliphatic carbocycles. The predicted molar refractivity (Wildman–Crippen MR) is 104 cm³/mol. The Kier molecular flexibility index (Phi) is 5.34. The second kappa shape index (κ2) is 7.89. The van der Waals surface area contributed by atoms with Crippen molar-refractivity contribution in [3.05, 3.63) is 64.7 Å². The molecule has 2 fully saturated rings. The summed E-state index contributed by atoms with van der Waals surface area (Å²) in [7, 11) is 0. The van der Waals surface area contributed by atoms with Gasteiger partial charge in [0.05, 0.1) is 19.1 Å². The van der Waals surface area contributed by atoms with Gasteiger partial charge in [0.25, 0.3) is 0 Å². The van der Waals surface area contributed by atoms with E-state index in [-0.39, 0.29) is 30.2 Å². The number of amides is 1. The third-order valence-corrected chi connectivity index (χ3v) is 5.62. The molecule has 0 unspecified atom stereocenters. The standard InChI is InChI=1S/C21H23ClN2O3/c22-16-7-5-14(6-8-16)20-12-24-11-17(10-18(24)13-27-20)23-21(26)9-15-3-1-2-4-19(15)25/h1-8,17-18,20,25H,9-13H2,(H,23,26)/t17-,18+,20-/m1/s1. The molecule has 2 aromatic carbocycles. The van der Waals surface area contributed by atoms with Crippen LogP contribution in [0.3, 0.4) is 0 Å². The first-order valence-corrected chi connectivity index (χ1v) is 9.63.